The fourth-order valence-corrected chi connectivity index (χ4v) is 3.68. The fraction of sp³-hybridized carbons (Fsp3) is 0.304. The third-order valence-electron chi connectivity index (χ3n) is 4.90. The zero-order valence-electron chi connectivity index (χ0n) is 16.0. The van der Waals surface area contributed by atoms with E-state index >= 15 is 0 Å². The smallest absolute Gasteiger partial charge is 0.143 e. The molecule has 4 nitrogen and oxygen atoms in total. The summed E-state index contributed by atoms with van der Waals surface area (Å²) >= 11 is 0. The quantitative estimate of drug-likeness (QED) is 0.635. The first-order valence-corrected chi connectivity index (χ1v) is 9.56. The van der Waals surface area contributed by atoms with Gasteiger partial charge in [-0.2, -0.15) is 0 Å². The Kier molecular flexibility index (Phi) is 5.28. The average molecular weight is 362 g/mol. The van der Waals surface area contributed by atoms with Crippen LogP contribution in [-0.2, 0) is 11.3 Å². The van der Waals surface area contributed by atoms with Crippen molar-refractivity contribution >= 4 is 0 Å². The van der Waals surface area contributed by atoms with Gasteiger partial charge >= 0.3 is 0 Å². The summed E-state index contributed by atoms with van der Waals surface area (Å²) in [5.41, 5.74) is 4.84. The molecule has 1 aromatic heterocycles. The third kappa shape index (κ3) is 3.92. The van der Waals surface area contributed by atoms with E-state index in [4.69, 9.17) is 9.47 Å². The van der Waals surface area contributed by atoms with Crippen molar-refractivity contribution in [2.75, 3.05) is 19.8 Å². The molecule has 4 rings (SSSR count). The minimum atomic E-state index is -0.00832. The predicted octanol–water partition coefficient (Wildman–Crippen LogP) is 4.72. The largest absolute Gasteiger partial charge is 0.492 e. The van der Waals surface area contributed by atoms with E-state index in [0.29, 0.717) is 6.61 Å². The van der Waals surface area contributed by atoms with Crippen LogP contribution < -0.4 is 4.74 Å². The highest BCUT2D eigenvalue weighted by atomic mass is 16.5. The maximum atomic E-state index is 6.06. The van der Waals surface area contributed by atoms with Gasteiger partial charge in [0.2, 0.25) is 0 Å². The molecule has 1 fully saturated rings. The minimum Gasteiger partial charge on any atom is -0.492 e. The van der Waals surface area contributed by atoms with E-state index in [0.717, 1.165) is 31.1 Å². The van der Waals surface area contributed by atoms with Crippen molar-refractivity contribution in [2.45, 2.75) is 26.6 Å². The molecule has 27 heavy (non-hydrogen) atoms. The minimum absolute atomic E-state index is 0.00832. The van der Waals surface area contributed by atoms with Crippen LogP contribution in [0.5, 0.6) is 5.75 Å². The van der Waals surface area contributed by atoms with Crippen LogP contribution in [0.4, 0.5) is 0 Å². The monoisotopic (exact) mass is 362 g/mol. The molecule has 1 atom stereocenters. The Morgan fingerprint density at radius 3 is 2.85 bits per heavy atom. The highest BCUT2D eigenvalue weighted by Gasteiger charge is 2.27. The van der Waals surface area contributed by atoms with Crippen LogP contribution in [0.2, 0.25) is 0 Å². The molecule has 0 unspecified atom stereocenters. The number of ether oxygens (including phenoxy) is 2. The highest BCUT2D eigenvalue weighted by Crippen LogP contribution is 2.31. The first-order valence-electron chi connectivity index (χ1n) is 9.56. The van der Waals surface area contributed by atoms with Gasteiger partial charge in [0.1, 0.15) is 12.0 Å². The normalized spacial score (nSPS) is 17.3. The van der Waals surface area contributed by atoms with Gasteiger partial charge in [0.05, 0.1) is 18.9 Å². The summed E-state index contributed by atoms with van der Waals surface area (Å²) < 4.78 is 14.0. The summed E-state index contributed by atoms with van der Waals surface area (Å²) in [6.07, 6.45) is 4.22. The number of hydrogen-bond acceptors (Lipinski definition) is 3. The number of nitrogens with zero attached hydrogens (tertiary/aromatic N) is 2. The zero-order chi connectivity index (χ0) is 18.6. The van der Waals surface area contributed by atoms with Gasteiger partial charge in [-0.15, -0.1) is 0 Å². The Hall–Kier alpha value is -2.56. The topological polar surface area (TPSA) is 26.6 Å². The Morgan fingerprint density at radius 2 is 2.00 bits per heavy atom. The van der Waals surface area contributed by atoms with Crippen molar-refractivity contribution in [3.8, 4) is 11.4 Å². The van der Waals surface area contributed by atoms with Crippen LogP contribution in [0.1, 0.15) is 29.8 Å². The van der Waals surface area contributed by atoms with Crippen molar-refractivity contribution in [3.05, 3.63) is 83.7 Å². The van der Waals surface area contributed by atoms with Gasteiger partial charge in [-0.05, 0) is 37.6 Å². The van der Waals surface area contributed by atoms with Crippen molar-refractivity contribution in [3.63, 3.8) is 0 Å². The molecule has 0 aliphatic carbocycles. The summed E-state index contributed by atoms with van der Waals surface area (Å²) in [6.45, 7) is 7.40. The number of aryl methyl sites for hydroxylation is 1. The first-order chi connectivity index (χ1) is 13.2. The molecule has 1 aliphatic heterocycles. The molecule has 4 heteroatoms. The van der Waals surface area contributed by atoms with Gasteiger partial charge in [-0.3, -0.25) is 4.90 Å². The van der Waals surface area contributed by atoms with E-state index in [2.05, 4.69) is 65.2 Å². The Morgan fingerprint density at radius 1 is 1.11 bits per heavy atom. The van der Waals surface area contributed by atoms with Crippen molar-refractivity contribution < 1.29 is 9.47 Å². The second-order valence-electron chi connectivity index (χ2n) is 6.94. The lowest BCUT2D eigenvalue weighted by Gasteiger charge is -2.22. The molecule has 2 heterocycles. The Bertz CT molecular complexity index is 903. The number of benzene rings is 2. The molecule has 0 amide bonds. The van der Waals surface area contributed by atoms with E-state index in [1.165, 1.54) is 16.7 Å². The molecule has 1 aliphatic rings. The van der Waals surface area contributed by atoms with E-state index < -0.39 is 0 Å². The molecular formula is C23H26N2O2. The van der Waals surface area contributed by atoms with Crippen LogP contribution in [0, 0.1) is 6.92 Å². The molecule has 0 N–H and O–H groups in total. The lowest BCUT2D eigenvalue weighted by Crippen LogP contribution is -2.23. The van der Waals surface area contributed by atoms with Crippen molar-refractivity contribution in [1.29, 1.82) is 0 Å². The number of rotatable bonds is 6. The van der Waals surface area contributed by atoms with E-state index in [9.17, 15) is 0 Å². The van der Waals surface area contributed by atoms with Crippen LogP contribution in [0.15, 0.2) is 67.0 Å². The van der Waals surface area contributed by atoms with Crippen molar-refractivity contribution in [2.24, 2.45) is 0 Å². The number of para-hydroxylation sites is 2. The van der Waals surface area contributed by atoms with Crippen molar-refractivity contribution in [1.82, 2.24) is 9.47 Å². The molecule has 0 spiro atoms. The SMILES string of the molecule is CCOc1ccccc1-n1ccc([C@H]2OCCN2Cc2cccc(C)c2)c1. The predicted molar refractivity (Wildman–Crippen MR) is 107 cm³/mol. The van der Waals surface area contributed by atoms with Gasteiger partial charge in [-0.1, -0.05) is 42.0 Å². The van der Waals surface area contributed by atoms with Crippen LogP contribution in [-0.4, -0.2) is 29.2 Å². The maximum absolute atomic E-state index is 6.06. The fourth-order valence-electron chi connectivity index (χ4n) is 3.68. The van der Waals surface area contributed by atoms with Gasteiger partial charge in [0, 0.05) is 31.0 Å². The van der Waals surface area contributed by atoms with Gasteiger partial charge < -0.3 is 14.0 Å². The standard InChI is InChI=1S/C23H26N2O2/c1-3-26-22-10-5-4-9-21(22)24-12-11-20(17-24)23-25(13-14-27-23)16-19-8-6-7-18(2)15-19/h4-12,15,17,23H,3,13-14,16H2,1-2H3/t23-/m1/s1. The lowest BCUT2D eigenvalue weighted by atomic mass is 10.1. The number of aromatic nitrogens is 1. The molecule has 140 valence electrons. The maximum Gasteiger partial charge on any atom is 0.143 e. The third-order valence-corrected chi connectivity index (χ3v) is 4.90. The van der Waals surface area contributed by atoms with E-state index in [-0.39, 0.29) is 6.23 Å². The van der Waals surface area contributed by atoms with E-state index in [1.54, 1.807) is 0 Å². The van der Waals surface area contributed by atoms with Crippen LogP contribution >= 0.6 is 0 Å². The Labute approximate surface area is 161 Å². The zero-order valence-corrected chi connectivity index (χ0v) is 16.0. The molecule has 1 saturated heterocycles. The highest BCUT2D eigenvalue weighted by molar-refractivity contribution is 5.47. The molecule has 3 aromatic rings. The Balaban J connectivity index is 1.55. The molecule has 2 aromatic carbocycles. The van der Waals surface area contributed by atoms with Gasteiger partial charge in [-0.25, -0.2) is 0 Å². The summed E-state index contributed by atoms with van der Waals surface area (Å²) in [5, 5.41) is 0. The summed E-state index contributed by atoms with van der Waals surface area (Å²) in [7, 11) is 0. The summed E-state index contributed by atoms with van der Waals surface area (Å²) in [4.78, 5) is 2.39. The average Bonchev–Trinajstić information content (AvgIpc) is 3.32. The second kappa shape index (κ2) is 7.99. The lowest BCUT2D eigenvalue weighted by molar-refractivity contribution is 0.0288. The molecule has 0 radical (unpaired) electrons. The summed E-state index contributed by atoms with van der Waals surface area (Å²) in [6, 6.07) is 19.0. The second-order valence-corrected chi connectivity index (χ2v) is 6.94. The first kappa shape index (κ1) is 17.8. The molecular weight excluding hydrogens is 336 g/mol. The van der Waals surface area contributed by atoms with Gasteiger partial charge in [0.15, 0.2) is 0 Å². The summed E-state index contributed by atoms with van der Waals surface area (Å²) in [5.74, 6) is 0.895. The van der Waals surface area contributed by atoms with Crippen LogP contribution in [0.25, 0.3) is 5.69 Å². The molecule has 0 saturated carbocycles. The van der Waals surface area contributed by atoms with Gasteiger partial charge in [0.25, 0.3) is 0 Å². The molecule has 0 bridgehead atoms. The van der Waals surface area contributed by atoms with Crippen LogP contribution in [0.3, 0.4) is 0 Å². The van der Waals surface area contributed by atoms with E-state index in [1.807, 2.05) is 25.1 Å². The number of hydrogen-bond donors (Lipinski definition) is 0.